The first-order valence-corrected chi connectivity index (χ1v) is 18.2. The number of hydrogen-bond acceptors (Lipinski definition) is 8. The number of benzene rings is 2. The zero-order chi connectivity index (χ0) is 34.5. The van der Waals surface area contributed by atoms with E-state index in [1.807, 2.05) is 36.4 Å². The minimum atomic E-state index is 0.110. The third kappa shape index (κ3) is 5.93. The van der Waals surface area contributed by atoms with Gasteiger partial charge in [0.05, 0.1) is 41.8 Å². The lowest BCUT2D eigenvalue weighted by Crippen LogP contribution is -2.52. The highest BCUT2D eigenvalue weighted by Crippen LogP contribution is 2.47. The standard InChI is InChI=1S/C39H41Cl2N5O4/c1-48-24-19-46(20-24)32-14-11-22-17-31(45-39(50-3)35(22)32)28-9-5-7-26(37(28)41)25-6-4-8-27(36(25)40)30-16-21-10-13-29(34(21)38(44-30)49-2)42-18-23-12-15-33(47)43-23/h4-9,16-17,23-24,29,32,42H,10-15,18-20H2,1-3H3,(H,43,47)/t23-,29-,32+/m0/s1. The predicted molar refractivity (Wildman–Crippen MR) is 195 cm³/mol. The molecule has 8 rings (SSSR count). The molecule has 260 valence electrons. The quantitative estimate of drug-likeness (QED) is 0.182. The van der Waals surface area contributed by atoms with Gasteiger partial charge in [0.1, 0.15) is 0 Å². The van der Waals surface area contributed by atoms with Crippen LogP contribution in [0.15, 0.2) is 48.5 Å². The van der Waals surface area contributed by atoms with E-state index in [1.54, 1.807) is 21.3 Å². The lowest BCUT2D eigenvalue weighted by Gasteiger charge is -2.42. The smallest absolute Gasteiger partial charge is 0.220 e. The molecule has 4 aliphatic rings. The first-order chi connectivity index (χ1) is 24.4. The average molecular weight is 715 g/mol. The van der Waals surface area contributed by atoms with Crippen LogP contribution in [0.25, 0.3) is 33.6 Å². The van der Waals surface area contributed by atoms with E-state index in [2.05, 4.69) is 27.7 Å². The third-order valence-corrected chi connectivity index (χ3v) is 11.7. The molecular formula is C39H41Cl2N5O4. The van der Waals surface area contributed by atoms with Crippen LogP contribution in [-0.2, 0) is 22.4 Å². The highest BCUT2D eigenvalue weighted by Gasteiger charge is 2.39. The van der Waals surface area contributed by atoms with Crippen LogP contribution in [0.3, 0.4) is 0 Å². The number of nitrogens with one attached hydrogen (secondary N) is 2. The molecule has 2 fully saturated rings. The number of hydrogen-bond donors (Lipinski definition) is 2. The Morgan fingerprint density at radius 2 is 1.38 bits per heavy atom. The normalized spacial score (nSPS) is 21.5. The number of pyridine rings is 2. The number of ether oxygens (including phenoxy) is 3. The number of halogens is 2. The topological polar surface area (TPSA) is 97.8 Å². The summed E-state index contributed by atoms with van der Waals surface area (Å²) < 4.78 is 17.3. The van der Waals surface area contributed by atoms with Crippen molar-refractivity contribution in [1.82, 2.24) is 25.5 Å². The average Bonchev–Trinajstić information content (AvgIpc) is 3.85. The molecule has 0 spiro atoms. The van der Waals surface area contributed by atoms with Gasteiger partial charge in [0, 0.05) is 84.7 Å². The molecule has 2 aromatic heterocycles. The summed E-state index contributed by atoms with van der Waals surface area (Å²) >= 11 is 14.5. The summed E-state index contributed by atoms with van der Waals surface area (Å²) in [7, 11) is 5.12. The number of likely N-dealkylation sites (tertiary alicyclic amines) is 1. The highest BCUT2D eigenvalue weighted by atomic mass is 35.5. The van der Waals surface area contributed by atoms with Crippen LogP contribution in [0, 0.1) is 0 Å². The molecule has 0 bridgehead atoms. The Hall–Kier alpha value is -3.73. The number of aryl methyl sites for hydroxylation is 2. The maximum Gasteiger partial charge on any atom is 0.220 e. The van der Waals surface area contributed by atoms with Crippen molar-refractivity contribution >= 4 is 29.1 Å². The van der Waals surface area contributed by atoms with Crippen molar-refractivity contribution < 1.29 is 19.0 Å². The minimum Gasteiger partial charge on any atom is -0.481 e. The Morgan fingerprint density at radius 1 is 0.800 bits per heavy atom. The number of rotatable bonds is 10. The van der Waals surface area contributed by atoms with Crippen molar-refractivity contribution in [1.29, 1.82) is 0 Å². The Bertz CT molecular complexity index is 1970. The van der Waals surface area contributed by atoms with E-state index in [4.69, 9.17) is 47.4 Å². The molecule has 2 saturated heterocycles. The summed E-state index contributed by atoms with van der Waals surface area (Å²) in [6.07, 6.45) is 5.55. The van der Waals surface area contributed by atoms with Crippen molar-refractivity contribution in [3.05, 3.63) is 80.8 Å². The van der Waals surface area contributed by atoms with E-state index in [9.17, 15) is 4.79 Å². The van der Waals surface area contributed by atoms with Gasteiger partial charge in [-0.1, -0.05) is 59.6 Å². The van der Waals surface area contributed by atoms with Gasteiger partial charge >= 0.3 is 0 Å². The molecule has 4 heterocycles. The van der Waals surface area contributed by atoms with Crippen LogP contribution < -0.4 is 20.1 Å². The fraction of sp³-hybridized carbons (Fsp3) is 0.410. The first kappa shape index (κ1) is 33.4. The summed E-state index contributed by atoms with van der Waals surface area (Å²) in [5, 5.41) is 7.83. The van der Waals surface area contributed by atoms with Gasteiger partial charge in [0.15, 0.2) is 0 Å². The predicted octanol–water partition coefficient (Wildman–Crippen LogP) is 6.98. The Balaban J connectivity index is 1.09. The molecule has 0 saturated carbocycles. The van der Waals surface area contributed by atoms with E-state index < -0.39 is 0 Å². The number of amides is 1. The zero-order valence-corrected chi connectivity index (χ0v) is 30.0. The van der Waals surface area contributed by atoms with Gasteiger partial charge in [-0.05, 0) is 55.4 Å². The Morgan fingerprint density at radius 3 is 1.96 bits per heavy atom. The molecular weight excluding hydrogens is 673 g/mol. The summed E-state index contributed by atoms with van der Waals surface area (Å²) in [5.74, 6) is 1.37. The van der Waals surface area contributed by atoms with Gasteiger partial charge < -0.3 is 24.8 Å². The van der Waals surface area contributed by atoms with Crippen LogP contribution in [0.2, 0.25) is 10.0 Å². The molecule has 0 unspecified atom stereocenters. The maximum atomic E-state index is 11.7. The molecule has 0 radical (unpaired) electrons. The van der Waals surface area contributed by atoms with Crippen molar-refractivity contribution in [2.75, 3.05) is 41.0 Å². The van der Waals surface area contributed by atoms with Gasteiger partial charge in [0.25, 0.3) is 0 Å². The Kier molecular flexibility index (Phi) is 9.20. The fourth-order valence-electron chi connectivity index (χ4n) is 8.21. The van der Waals surface area contributed by atoms with Crippen LogP contribution in [0.1, 0.15) is 60.0 Å². The largest absolute Gasteiger partial charge is 0.481 e. The molecule has 3 atom stereocenters. The summed E-state index contributed by atoms with van der Waals surface area (Å²) in [5.41, 5.74) is 9.49. The maximum absolute atomic E-state index is 11.7. The molecule has 2 N–H and O–H groups in total. The molecule has 1 amide bonds. The summed E-state index contributed by atoms with van der Waals surface area (Å²) in [6.45, 7) is 2.57. The van der Waals surface area contributed by atoms with Gasteiger partial charge in [0.2, 0.25) is 17.7 Å². The molecule has 4 aromatic rings. The van der Waals surface area contributed by atoms with E-state index >= 15 is 0 Å². The molecule has 11 heteroatoms. The Labute approximate surface area is 302 Å². The van der Waals surface area contributed by atoms with Crippen molar-refractivity contribution in [3.8, 4) is 45.4 Å². The van der Waals surface area contributed by atoms with Gasteiger partial charge in [-0.2, -0.15) is 0 Å². The zero-order valence-electron chi connectivity index (χ0n) is 28.5. The molecule has 2 aromatic carbocycles. The number of methoxy groups -OCH3 is 3. The van der Waals surface area contributed by atoms with E-state index in [0.29, 0.717) is 28.2 Å². The highest BCUT2D eigenvalue weighted by molar-refractivity contribution is 6.39. The van der Waals surface area contributed by atoms with Gasteiger partial charge in [-0.15, -0.1) is 0 Å². The monoisotopic (exact) mass is 713 g/mol. The molecule has 9 nitrogen and oxygen atoms in total. The van der Waals surface area contributed by atoms with Crippen molar-refractivity contribution in [3.63, 3.8) is 0 Å². The third-order valence-electron chi connectivity index (χ3n) is 10.9. The van der Waals surface area contributed by atoms with Gasteiger partial charge in [-0.25, -0.2) is 9.97 Å². The molecule has 50 heavy (non-hydrogen) atoms. The number of aromatic nitrogens is 2. The second-order valence-electron chi connectivity index (χ2n) is 13.7. The van der Waals surface area contributed by atoms with Crippen molar-refractivity contribution in [2.24, 2.45) is 0 Å². The van der Waals surface area contributed by atoms with Gasteiger partial charge in [-0.3, -0.25) is 9.69 Å². The number of fused-ring (bicyclic) bond motifs is 2. The minimum absolute atomic E-state index is 0.110. The van der Waals surface area contributed by atoms with Crippen LogP contribution >= 0.6 is 23.2 Å². The van der Waals surface area contributed by atoms with E-state index in [0.717, 1.165) is 90.9 Å². The number of carbonyl (C=O) groups excluding carboxylic acids is 1. The van der Waals surface area contributed by atoms with Crippen LogP contribution in [0.5, 0.6) is 11.8 Å². The van der Waals surface area contributed by atoms with E-state index in [1.165, 1.54) is 16.7 Å². The summed E-state index contributed by atoms with van der Waals surface area (Å²) in [6, 6.07) is 16.8. The second-order valence-corrected chi connectivity index (χ2v) is 14.4. The lowest BCUT2D eigenvalue weighted by atomic mass is 9.96. The number of carbonyl (C=O) groups is 1. The SMILES string of the molecule is COc1nc(-c2cccc(-c3cccc(-c4cc5c(c(OC)n4)[C@H](N4CC(OC)C4)CC5)c3Cl)c2Cl)cc2c1[C@@H](NC[C@@H]1CCC(=O)N1)CC2. The molecule has 2 aliphatic heterocycles. The second kappa shape index (κ2) is 13.8. The fourth-order valence-corrected chi connectivity index (χ4v) is 8.86. The molecule has 2 aliphatic carbocycles. The number of nitrogens with zero attached hydrogens (tertiary/aromatic N) is 3. The van der Waals surface area contributed by atoms with E-state index in [-0.39, 0.29) is 30.1 Å². The summed E-state index contributed by atoms with van der Waals surface area (Å²) in [4.78, 5) is 24.1. The van der Waals surface area contributed by atoms with Crippen LogP contribution in [0.4, 0.5) is 0 Å². The first-order valence-electron chi connectivity index (χ1n) is 17.4. The van der Waals surface area contributed by atoms with Crippen molar-refractivity contribution in [2.45, 2.75) is 62.8 Å². The van der Waals surface area contributed by atoms with Crippen LogP contribution in [-0.4, -0.2) is 73.9 Å². The lowest BCUT2D eigenvalue weighted by molar-refractivity contribution is -0.119.